The molecule has 5 nitrogen and oxygen atoms in total. The van der Waals surface area contributed by atoms with Crippen LogP contribution in [0, 0.1) is 0 Å². The van der Waals surface area contributed by atoms with Crippen LogP contribution < -0.4 is 5.32 Å². The van der Waals surface area contributed by atoms with E-state index in [1.807, 2.05) is 42.2 Å². The molecule has 1 heterocycles. The molecule has 6 heteroatoms. The number of amides is 2. The summed E-state index contributed by atoms with van der Waals surface area (Å²) in [4.78, 5) is 14.3. The van der Waals surface area contributed by atoms with Crippen LogP contribution in [0.2, 0.25) is 0 Å². The van der Waals surface area contributed by atoms with Gasteiger partial charge in [-0.05, 0) is 31.7 Å². The highest BCUT2D eigenvalue weighted by atomic mass is 32.2. The Morgan fingerprint density at radius 3 is 2.68 bits per heavy atom. The van der Waals surface area contributed by atoms with Gasteiger partial charge in [-0.2, -0.15) is 0 Å². The lowest BCUT2D eigenvalue weighted by Gasteiger charge is -2.27. The van der Waals surface area contributed by atoms with Crippen molar-refractivity contribution >= 4 is 15.9 Å². The molecule has 2 atom stereocenters. The van der Waals surface area contributed by atoms with E-state index in [1.165, 1.54) is 6.26 Å². The fourth-order valence-electron chi connectivity index (χ4n) is 2.79. The van der Waals surface area contributed by atoms with Crippen LogP contribution in [-0.2, 0) is 9.84 Å². The predicted molar refractivity (Wildman–Crippen MR) is 87.4 cm³/mol. The molecule has 0 unspecified atom stereocenters. The van der Waals surface area contributed by atoms with Crippen LogP contribution in [0.1, 0.15) is 37.8 Å². The van der Waals surface area contributed by atoms with E-state index in [0.717, 1.165) is 24.9 Å². The van der Waals surface area contributed by atoms with Gasteiger partial charge in [0.2, 0.25) is 0 Å². The van der Waals surface area contributed by atoms with Gasteiger partial charge in [0, 0.05) is 18.8 Å². The molecule has 1 aromatic rings. The van der Waals surface area contributed by atoms with Crippen LogP contribution in [0.5, 0.6) is 0 Å². The summed E-state index contributed by atoms with van der Waals surface area (Å²) in [7, 11) is -2.99. The molecule has 2 rings (SSSR count). The Labute approximate surface area is 132 Å². The number of sulfone groups is 1. The van der Waals surface area contributed by atoms with Crippen molar-refractivity contribution in [2.24, 2.45) is 0 Å². The number of hydrogen-bond donors (Lipinski definition) is 1. The molecule has 1 aromatic carbocycles. The lowest BCUT2D eigenvalue weighted by molar-refractivity contribution is 0.189. The number of nitrogens with zero attached hydrogens (tertiary/aromatic N) is 1. The Hall–Kier alpha value is -1.56. The summed E-state index contributed by atoms with van der Waals surface area (Å²) in [5.41, 5.74) is 1.15. The van der Waals surface area contributed by atoms with Crippen molar-refractivity contribution in [1.82, 2.24) is 10.2 Å². The monoisotopic (exact) mass is 324 g/mol. The fraction of sp³-hybridized carbons (Fsp3) is 0.562. The summed E-state index contributed by atoms with van der Waals surface area (Å²) in [6.07, 6.45) is 3.61. The van der Waals surface area contributed by atoms with Crippen LogP contribution in [0.15, 0.2) is 30.3 Å². The smallest absolute Gasteiger partial charge is 0.318 e. The molecule has 0 aliphatic carbocycles. The maximum atomic E-state index is 12.4. The third-order valence-electron chi connectivity index (χ3n) is 3.99. The largest absolute Gasteiger partial charge is 0.335 e. The molecule has 22 heavy (non-hydrogen) atoms. The molecule has 0 saturated carbocycles. The first kappa shape index (κ1) is 16.8. The summed E-state index contributed by atoms with van der Waals surface area (Å²) in [5.74, 6) is 0.0938. The van der Waals surface area contributed by atoms with Gasteiger partial charge in [0.15, 0.2) is 0 Å². The highest BCUT2D eigenvalue weighted by Gasteiger charge is 2.30. The molecule has 0 radical (unpaired) electrons. The van der Waals surface area contributed by atoms with E-state index >= 15 is 0 Å². The number of rotatable bonds is 5. The first-order valence-corrected chi connectivity index (χ1v) is 9.72. The lowest BCUT2D eigenvalue weighted by Crippen LogP contribution is -2.44. The summed E-state index contributed by atoms with van der Waals surface area (Å²) < 4.78 is 22.4. The van der Waals surface area contributed by atoms with Crippen LogP contribution in [0.3, 0.4) is 0 Å². The SMILES string of the molecule is C[C@H](CCS(C)(=O)=O)NC(=O)N1CCC[C@H]1c1ccccc1. The number of benzene rings is 1. The Balaban J connectivity index is 1.94. The Kier molecular flexibility index (Phi) is 5.45. The van der Waals surface area contributed by atoms with Crippen molar-refractivity contribution in [1.29, 1.82) is 0 Å². The van der Waals surface area contributed by atoms with E-state index in [9.17, 15) is 13.2 Å². The Morgan fingerprint density at radius 2 is 2.05 bits per heavy atom. The molecule has 1 fully saturated rings. The number of nitrogens with one attached hydrogen (secondary N) is 1. The summed E-state index contributed by atoms with van der Waals surface area (Å²) >= 11 is 0. The first-order chi connectivity index (χ1) is 10.4. The number of hydrogen-bond acceptors (Lipinski definition) is 3. The predicted octanol–water partition coefficient (Wildman–Crippen LogP) is 2.36. The third-order valence-corrected chi connectivity index (χ3v) is 4.97. The van der Waals surface area contributed by atoms with Crippen molar-refractivity contribution in [3.63, 3.8) is 0 Å². The number of likely N-dealkylation sites (tertiary alicyclic amines) is 1. The van der Waals surface area contributed by atoms with E-state index in [2.05, 4.69) is 5.32 Å². The topological polar surface area (TPSA) is 66.5 Å². The van der Waals surface area contributed by atoms with Gasteiger partial charge in [-0.1, -0.05) is 30.3 Å². The van der Waals surface area contributed by atoms with Crippen molar-refractivity contribution in [3.05, 3.63) is 35.9 Å². The molecule has 1 aliphatic heterocycles. The van der Waals surface area contributed by atoms with Crippen LogP contribution in [0.25, 0.3) is 0 Å². The minimum Gasteiger partial charge on any atom is -0.335 e. The molecular formula is C16H24N2O3S. The van der Waals surface area contributed by atoms with E-state index < -0.39 is 9.84 Å². The first-order valence-electron chi connectivity index (χ1n) is 7.66. The second kappa shape index (κ2) is 7.13. The average Bonchev–Trinajstić information content (AvgIpc) is 2.95. The van der Waals surface area contributed by atoms with Gasteiger partial charge >= 0.3 is 6.03 Å². The van der Waals surface area contributed by atoms with Gasteiger partial charge < -0.3 is 10.2 Å². The normalized spacial score (nSPS) is 19.9. The van der Waals surface area contributed by atoms with Crippen LogP contribution in [-0.4, -0.2) is 43.9 Å². The van der Waals surface area contributed by atoms with Gasteiger partial charge in [0.05, 0.1) is 11.8 Å². The second-order valence-corrected chi connectivity index (χ2v) is 8.29. The minimum atomic E-state index is -2.99. The Morgan fingerprint density at radius 1 is 1.36 bits per heavy atom. The van der Waals surface area contributed by atoms with E-state index in [4.69, 9.17) is 0 Å². The molecular weight excluding hydrogens is 300 g/mol. The minimum absolute atomic E-state index is 0.0938. The van der Waals surface area contributed by atoms with Crippen LogP contribution in [0.4, 0.5) is 4.79 Å². The van der Waals surface area contributed by atoms with Crippen molar-refractivity contribution in [2.75, 3.05) is 18.6 Å². The van der Waals surface area contributed by atoms with E-state index in [1.54, 1.807) is 0 Å². The van der Waals surface area contributed by atoms with E-state index in [-0.39, 0.29) is 23.9 Å². The fourth-order valence-corrected chi connectivity index (χ4v) is 3.57. The number of urea groups is 1. The van der Waals surface area contributed by atoms with Crippen molar-refractivity contribution in [2.45, 2.75) is 38.3 Å². The highest BCUT2D eigenvalue weighted by molar-refractivity contribution is 7.90. The molecule has 0 aromatic heterocycles. The quantitative estimate of drug-likeness (QED) is 0.904. The molecule has 1 aliphatic rings. The van der Waals surface area contributed by atoms with Crippen LogP contribution >= 0.6 is 0 Å². The molecule has 1 N–H and O–H groups in total. The third kappa shape index (κ3) is 4.73. The molecule has 0 bridgehead atoms. The number of carbonyl (C=O) groups is 1. The highest BCUT2D eigenvalue weighted by Crippen LogP contribution is 2.31. The van der Waals surface area contributed by atoms with E-state index in [0.29, 0.717) is 6.42 Å². The van der Waals surface area contributed by atoms with Crippen molar-refractivity contribution in [3.8, 4) is 0 Å². The van der Waals surface area contributed by atoms with Crippen molar-refractivity contribution < 1.29 is 13.2 Å². The molecule has 1 saturated heterocycles. The van der Waals surface area contributed by atoms with Gasteiger partial charge in [0.1, 0.15) is 9.84 Å². The Bertz CT molecular complexity index is 601. The molecule has 0 spiro atoms. The summed E-state index contributed by atoms with van der Waals surface area (Å²) in [5, 5.41) is 2.92. The standard InChI is InChI=1S/C16H24N2O3S/c1-13(10-12-22(2,20)21)17-16(19)18-11-6-9-15(18)14-7-4-3-5-8-14/h3-5,7-8,13,15H,6,9-12H2,1-2H3,(H,17,19)/t13-,15+/m1/s1. The zero-order valence-electron chi connectivity index (χ0n) is 13.2. The zero-order chi connectivity index (χ0) is 16.2. The average molecular weight is 324 g/mol. The maximum Gasteiger partial charge on any atom is 0.318 e. The summed E-state index contributed by atoms with van der Waals surface area (Å²) in [6, 6.07) is 9.88. The number of carbonyl (C=O) groups excluding carboxylic acids is 1. The molecule has 2 amide bonds. The zero-order valence-corrected chi connectivity index (χ0v) is 14.0. The van der Waals surface area contributed by atoms with Gasteiger partial charge in [0.25, 0.3) is 0 Å². The van der Waals surface area contributed by atoms with Gasteiger partial charge in [-0.3, -0.25) is 0 Å². The summed E-state index contributed by atoms with van der Waals surface area (Å²) in [6.45, 7) is 2.58. The molecule has 122 valence electrons. The van der Waals surface area contributed by atoms with Gasteiger partial charge in [-0.15, -0.1) is 0 Å². The van der Waals surface area contributed by atoms with Gasteiger partial charge in [-0.25, -0.2) is 13.2 Å². The lowest BCUT2D eigenvalue weighted by atomic mass is 10.1. The maximum absolute atomic E-state index is 12.4. The second-order valence-electron chi connectivity index (χ2n) is 6.03.